The minimum atomic E-state index is -1.38. The van der Waals surface area contributed by atoms with Gasteiger partial charge >= 0.3 is 6.09 Å². The first-order valence-electron chi connectivity index (χ1n) is 13.3. The number of aliphatic hydroxyl groups excluding tert-OH is 1. The van der Waals surface area contributed by atoms with Crippen molar-refractivity contribution in [3.63, 3.8) is 0 Å². The molecule has 0 aliphatic rings. The Morgan fingerprint density at radius 3 is 2.20 bits per heavy atom. The standard InChI is InChI=1S/C31H39N3O6/c1-7-31(5,6)34(28(38)25(19-35)33-29(39)40-30(2,3)4)26(22-13-10-14-24(36)18-22)27(37)32-23-16-15-20-11-8-9-12-21(20)17-23/h8-18,25-26,35-36H,7,19H2,1-6H3,(H,32,37)(H,33,39). The molecule has 0 heterocycles. The number of hydrogen-bond donors (Lipinski definition) is 4. The van der Waals surface area contributed by atoms with Gasteiger partial charge in [0, 0.05) is 11.2 Å². The second-order valence-electron chi connectivity index (χ2n) is 11.3. The number of nitrogens with zero attached hydrogens (tertiary/aromatic N) is 1. The second kappa shape index (κ2) is 12.4. The summed E-state index contributed by atoms with van der Waals surface area (Å²) in [5.74, 6) is -1.28. The number of phenols is 1. The molecule has 2 unspecified atom stereocenters. The number of alkyl carbamates (subject to hydrolysis) is 1. The van der Waals surface area contributed by atoms with E-state index in [1.54, 1.807) is 52.8 Å². The van der Waals surface area contributed by atoms with E-state index in [9.17, 15) is 24.6 Å². The number of hydrogen-bond acceptors (Lipinski definition) is 6. The molecular weight excluding hydrogens is 510 g/mol. The topological polar surface area (TPSA) is 128 Å². The number of phenolic OH excluding ortho intramolecular Hbond substituents is 1. The van der Waals surface area contributed by atoms with Gasteiger partial charge in [0.2, 0.25) is 5.91 Å². The van der Waals surface area contributed by atoms with E-state index >= 15 is 0 Å². The molecular formula is C31H39N3O6. The number of anilines is 1. The van der Waals surface area contributed by atoms with E-state index < -0.39 is 47.7 Å². The monoisotopic (exact) mass is 549 g/mol. The fourth-order valence-electron chi connectivity index (χ4n) is 4.34. The van der Waals surface area contributed by atoms with Crippen LogP contribution in [0.5, 0.6) is 5.75 Å². The Labute approximate surface area is 235 Å². The summed E-state index contributed by atoms with van der Waals surface area (Å²) in [5, 5.41) is 27.7. The van der Waals surface area contributed by atoms with Gasteiger partial charge in [-0.15, -0.1) is 0 Å². The molecule has 3 amide bonds. The van der Waals surface area contributed by atoms with E-state index in [1.807, 2.05) is 43.3 Å². The molecule has 3 aromatic rings. The van der Waals surface area contributed by atoms with Crippen LogP contribution in [-0.4, -0.2) is 56.8 Å². The molecule has 0 bridgehead atoms. The highest BCUT2D eigenvalue weighted by Crippen LogP contribution is 2.34. The average molecular weight is 550 g/mol. The third-order valence-electron chi connectivity index (χ3n) is 6.64. The van der Waals surface area contributed by atoms with Crippen LogP contribution in [0.3, 0.4) is 0 Å². The van der Waals surface area contributed by atoms with Gasteiger partial charge in [0.15, 0.2) is 0 Å². The van der Waals surface area contributed by atoms with E-state index in [2.05, 4.69) is 10.6 Å². The van der Waals surface area contributed by atoms with Gasteiger partial charge in [-0.3, -0.25) is 9.59 Å². The van der Waals surface area contributed by atoms with Crippen molar-refractivity contribution in [3.05, 3.63) is 72.3 Å². The first-order chi connectivity index (χ1) is 18.8. The summed E-state index contributed by atoms with van der Waals surface area (Å²) in [4.78, 5) is 42.0. The van der Waals surface area contributed by atoms with Crippen molar-refractivity contribution in [1.29, 1.82) is 0 Å². The fourth-order valence-corrected chi connectivity index (χ4v) is 4.34. The first-order valence-corrected chi connectivity index (χ1v) is 13.3. The normalized spacial score (nSPS) is 13.3. The molecule has 2 atom stereocenters. The number of carbonyl (C=O) groups is 3. The third-order valence-corrected chi connectivity index (χ3v) is 6.64. The van der Waals surface area contributed by atoms with Crippen molar-refractivity contribution < 1.29 is 29.3 Å². The lowest BCUT2D eigenvalue weighted by atomic mass is 9.92. The average Bonchev–Trinajstić information content (AvgIpc) is 2.88. The smallest absolute Gasteiger partial charge is 0.408 e. The number of benzene rings is 3. The summed E-state index contributed by atoms with van der Waals surface area (Å²) >= 11 is 0. The van der Waals surface area contributed by atoms with Crippen LogP contribution in [0.25, 0.3) is 10.8 Å². The van der Waals surface area contributed by atoms with Gasteiger partial charge < -0.3 is 30.5 Å². The van der Waals surface area contributed by atoms with Crippen LogP contribution in [0.4, 0.5) is 10.5 Å². The molecule has 0 spiro atoms. The lowest BCUT2D eigenvalue weighted by molar-refractivity contribution is -0.148. The number of carbonyl (C=O) groups excluding carboxylic acids is 3. The van der Waals surface area contributed by atoms with Gasteiger partial charge in [-0.25, -0.2) is 4.79 Å². The predicted octanol–water partition coefficient (Wildman–Crippen LogP) is 5.13. The van der Waals surface area contributed by atoms with Gasteiger partial charge in [0.1, 0.15) is 23.4 Å². The SMILES string of the molecule is CCC(C)(C)N(C(=O)C(CO)NC(=O)OC(C)(C)C)C(C(=O)Nc1ccc2ccccc2c1)c1cccc(O)c1. The van der Waals surface area contributed by atoms with E-state index in [-0.39, 0.29) is 5.75 Å². The van der Waals surface area contributed by atoms with Crippen LogP contribution in [0, 0.1) is 0 Å². The molecule has 0 aliphatic heterocycles. The molecule has 0 saturated heterocycles. The fraction of sp³-hybridized carbons (Fsp3) is 0.387. The lowest BCUT2D eigenvalue weighted by Crippen LogP contribution is -2.59. The summed E-state index contributed by atoms with van der Waals surface area (Å²) in [5.41, 5.74) is -0.834. The molecule has 0 aromatic heterocycles. The van der Waals surface area contributed by atoms with Crippen LogP contribution in [0.1, 0.15) is 59.6 Å². The quantitative estimate of drug-likeness (QED) is 0.293. The molecule has 0 saturated carbocycles. The van der Waals surface area contributed by atoms with Crippen LogP contribution < -0.4 is 10.6 Å². The van der Waals surface area contributed by atoms with Gasteiger partial charge in [-0.1, -0.05) is 49.4 Å². The van der Waals surface area contributed by atoms with Crippen LogP contribution >= 0.6 is 0 Å². The maximum Gasteiger partial charge on any atom is 0.408 e. The Bertz CT molecular complexity index is 1360. The van der Waals surface area contributed by atoms with E-state index in [4.69, 9.17) is 4.74 Å². The van der Waals surface area contributed by atoms with E-state index in [1.165, 1.54) is 17.0 Å². The molecule has 3 rings (SSSR count). The van der Waals surface area contributed by atoms with Crippen molar-refractivity contribution in [2.24, 2.45) is 0 Å². The summed E-state index contributed by atoms with van der Waals surface area (Å²) in [6.07, 6.45) is -0.425. The second-order valence-corrected chi connectivity index (χ2v) is 11.3. The van der Waals surface area contributed by atoms with Crippen molar-refractivity contribution in [2.45, 2.75) is 71.2 Å². The largest absolute Gasteiger partial charge is 0.508 e. The lowest BCUT2D eigenvalue weighted by Gasteiger charge is -2.44. The number of amides is 3. The summed E-state index contributed by atoms with van der Waals surface area (Å²) < 4.78 is 5.29. The number of aliphatic hydroxyl groups is 1. The minimum absolute atomic E-state index is 0.0757. The molecule has 4 N–H and O–H groups in total. The zero-order valence-electron chi connectivity index (χ0n) is 23.9. The van der Waals surface area contributed by atoms with Crippen molar-refractivity contribution in [3.8, 4) is 5.75 Å². The zero-order valence-corrected chi connectivity index (χ0v) is 23.9. The molecule has 0 aliphatic carbocycles. The van der Waals surface area contributed by atoms with Crippen LogP contribution in [0.15, 0.2) is 66.7 Å². The maximum absolute atomic E-state index is 14.1. The Kier molecular flexibility index (Phi) is 9.42. The van der Waals surface area contributed by atoms with E-state index in [0.717, 1.165) is 10.8 Å². The molecule has 9 heteroatoms. The molecule has 9 nitrogen and oxygen atoms in total. The highest BCUT2D eigenvalue weighted by atomic mass is 16.6. The molecule has 3 aromatic carbocycles. The highest BCUT2D eigenvalue weighted by molar-refractivity contribution is 6.00. The Balaban J connectivity index is 2.06. The molecule has 0 radical (unpaired) electrons. The summed E-state index contributed by atoms with van der Waals surface area (Å²) in [6, 6.07) is 16.8. The summed E-state index contributed by atoms with van der Waals surface area (Å²) in [7, 11) is 0. The number of nitrogens with one attached hydrogen (secondary N) is 2. The predicted molar refractivity (Wildman–Crippen MR) is 155 cm³/mol. The van der Waals surface area contributed by atoms with Crippen molar-refractivity contribution in [1.82, 2.24) is 10.2 Å². The maximum atomic E-state index is 14.1. The van der Waals surface area contributed by atoms with Gasteiger partial charge in [0.25, 0.3) is 5.91 Å². The van der Waals surface area contributed by atoms with E-state index in [0.29, 0.717) is 17.7 Å². The van der Waals surface area contributed by atoms with Crippen LogP contribution in [0.2, 0.25) is 0 Å². The first kappa shape index (κ1) is 30.4. The van der Waals surface area contributed by atoms with Gasteiger partial charge in [-0.05, 0) is 81.6 Å². The number of rotatable bonds is 9. The molecule has 40 heavy (non-hydrogen) atoms. The number of fused-ring (bicyclic) bond motifs is 1. The molecule has 214 valence electrons. The number of ether oxygens (including phenoxy) is 1. The van der Waals surface area contributed by atoms with Crippen LogP contribution in [-0.2, 0) is 14.3 Å². The summed E-state index contributed by atoms with van der Waals surface area (Å²) in [6.45, 7) is 9.80. The Morgan fingerprint density at radius 1 is 0.925 bits per heavy atom. The Hall–Kier alpha value is -4.11. The van der Waals surface area contributed by atoms with Crippen molar-refractivity contribution >= 4 is 34.4 Å². The van der Waals surface area contributed by atoms with Crippen molar-refractivity contribution in [2.75, 3.05) is 11.9 Å². The van der Waals surface area contributed by atoms with Gasteiger partial charge in [-0.2, -0.15) is 0 Å². The molecule has 0 fully saturated rings. The minimum Gasteiger partial charge on any atom is -0.508 e. The van der Waals surface area contributed by atoms with Gasteiger partial charge in [0.05, 0.1) is 6.61 Å². The Morgan fingerprint density at radius 2 is 1.60 bits per heavy atom. The third kappa shape index (κ3) is 7.51. The highest BCUT2D eigenvalue weighted by Gasteiger charge is 2.43. The number of aromatic hydroxyl groups is 1. The zero-order chi connectivity index (χ0) is 29.7.